The molecule has 8 aromatic rings. The van der Waals surface area contributed by atoms with Crippen LogP contribution in [0.2, 0.25) is 0 Å². The Hall–Kier alpha value is -5.82. The van der Waals surface area contributed by atoms with E-state index in [4.69, 9.17) is 14.1 Å². The van der Waals surface area contributed by atoms with Crippen molar-refractivity contribution in [2.24, 2.45) is 0 Å². The lowest BCUT2D eigenvalue weighted by Gasteiger charge is -2.20. The molecule has 4 aromatic heterocycles. The normalized spacial score (nSPS) is 13.4. The molecule has 0 amide bonds. The van der Waals surface area contributed by atoms with Crippen molar-refractivity contribution in [2.75, 3.05) is 23.5 Å². The average Bonchev–Trinajstić information content (AvgIpc) is 3.72. The SMILES string of the molecule is CN1CN(c2cccc(Oc3ccc4c5ccccc5n(-c5cc(C(C)(C)C)ccn5)c4c3)c2)c2cc3c(cc21)oc1ncccc13. The number of anilines is 3. The van der Waals surface area contributed by atoms with Gasteiger partial charge in [-0.15, -0.1) is 0 Å². The van der Waals surface area contributed by atoms with E-state index in [0.717, 1.165) is 67.2 Å². The molecule has 0 bridgehead atoms. The molecule has 47 heavy (non-hydrogen) atoms. The number of para-hydroxylation sites is 1. The highest BCUT2D eigenvalue weighted by Gasteiger charge is 2.27. The molecule has 9 rings (SSSR count). The van der Waals surface area contributed by atoms with Crippen LogP contribution in [0.3, 0.4) is 0 Å². The topological polar surface area (TPSA) is 59.6 Å². The molecule has 0 atom stereocenters. The molecule has 7 nitrogen and oxygen atoms in total. The van der Waals surface area contributed by atoms with Gasteiger partial charge >= 0.3 is 0 Å². The van der Waals surface area contributed by atoms with E-state index in [-0.39, 0.29) is 5.41 Å². The molecular formula is C40H33N5O2. The molecule has 0 saturated carbocycles. The second-order valence-electron chi connectivity index (χ2n) is 13.3. The highest BCUT2D eigenvalue weighted by atomic mass is 16.5. The first-order valence-corrected chi connectivity index (χ1v) is 15.9. The van der Waals surface area contributed by atoms with E-state index in [1.165, 1.54) is 10.9 Å². The van der Waals surface area contributed by atoms with Crippen molar-refractivity contribution in [1.29, 1.82) is 0 Å². The lowest BCUT2D eigenvalue weighted by Crippen LogP contribution is -2.23. The van der Waals surface area contributed by atoms with Crippen LogP contribution >= 0.6 is 0 Å². The van der Waals surface area contributed by atoms with Crippen molar-refractivity contribution < 1.29 is 9.15 Å². The molecule has 0 fully saturated rings. The summed E-state index contributed by atoms with van der Waals surface area (Å²) in [5.74, 6) is 2.44. The van der Waals surface area contributed by atoms with Crippen LogP contribution in [-0.4, -0.2) is 28.3 Å². The van der Waals surface area contributed by atoms with Gasteiger partial charge in [0.1, 0.15) is 22.9 Å². The number of ether oxygens (including phenoxy) is 1. The highest BCUT2D eigenvalue weighted by molar-refractivity contribution is 6.10. The maximum Gasteiger partial charge on any atom is 0.227 e. The van der Waals surface area contributed by atoms with Crippen molar-refractivity contribution in [1.82, 2.24) is 14.5 Å². The first kappa shape index (κ1) is 27.5. The minimum atomic E-state index is 0.00984. The Labute approximate surface area is 272 Å². The van der Waals surface area contributed by atoms with Gasteiger partial charge in [-0.2, -0.15) is 0 Å². The summed E-state index contributed by atoms with van der Waals surface area (Å²) in [7, 11) is 2.10. The molecule has 230 valence electrons. The number of nitrogens with zero attached hydrogens (tertiary/aromatic N) is 5. The van der Waals surface area contributed by atoms with E-state index in [2.05, 4.69) is 138 Å². The van der Waals surface area contributed by atoms with Crippen LogP contribution in [0.5, 0.6) is 11.5 Å². The zero-order chi connectivity index (χ0) is 31.9. The van der Waals surface area contributed by atoms with Crippen LogP contribution in [0.4, 0.5) is 17.1 Å². The smallest absolute Gasteiger partial charge is 0.227 e. The fourth-order valence-electron chi connectivity index (χ4n) is 6.86. The fourth-order valence-corrected chi connectivity index (χ4v) is 6.86. The van der Waals surface area contributed by atoms with Gasteiger partial charge in [-0.3, -0.25) is 4.57 Å². The Kier molecular flexibility index (Phi) is 5.90. The van der Waals surface area contributed by atoms with Gasteiger partial charge < -0.3 is 19.0 Å². The average molecular weight is 616 g/mol. The lowest BCUT2D eigenvalue weighted by molar-refractivity contribution is 0.483. The second-order valence-corrected chi connectivity index (χ2v) is 13.3. The molecule has 0 N–H and O–H groups in total. The molecule has 0 unspecified atom stereocenters. The van der Waals surface area contributed by atoms with E-state index in [1.54, 1.807) is 6.20 Å². The number of furan rings is 1. The Morgan fingerprint density at radius 2 is 1.51 bits per heavy atom. The van der Waals surface area contributed by atoms with Crippen molar-refractivity contribution in [3.63, 3.8) is 0 Å². The van der Waals surface area contributed by atoms with Crippen molar-refractivity contribution >= 4 is 60.9 Å². The van der Waals surface area contributed by atoms with Gasteiger partial charge in [0.25, 0.3) is 0 Å². The Morgan fingerprint density at radius 3 is 2.40 bits per heavy atom. The minimum Gasteiger partial charge on any atom is -0.457 e. The number of aromatic nitrogens is 3. The number of pyridine rings is 2. The standard InChI is InChI=1S/C40H33N5O2/c1-40(2,3)25-16-18-41-38(19-25)45-33-13-6-5-11-29(33)30-15-14-28(21-34(30)45)46-27-10-7-9-26(20-27)44-24-43(4)35-23-37-32(22-36(35)44)31-12-8-17-42-39(31)47-37/h5-23H,24H2,1-4H3. The highest BCUT2D eigenvalue weighted by Crippen LogP contribution is 2.45. The maximum absolute atomic E-state index is 6.58. The summed E-state index contributed by atoms with van der Waals surface area (Å²) in [4.78, 5) is 13.8. The molecule has 0 spiro atoms. The molecule has 0 saturated heterocycles. The monoisotopic (exact) mass is 615 g/mol. The van der Waals surface area contributed by atoms with Crippen LogP contribution in [0.25, 0.3) is 49.7 Å². The largest absolute Gasteiger partial charge is 0.457 e. The van der Waals surface area contributed by atoms with E-state index in [0.29, 0.717) is 12.4 Å². The third-order valence-electron chi connectivity index (χ3n) is 9.25. The van der Waals surface area contributed by atoms with Gasteiger partial charge in [-0.05, 0) is 71.6 Å². The van der Waals surface area contributed by atoms with Crippen molar-refractivity contribution in [3.8, 4) is 17.3 Å². The van der Waals surface area contributed by atoms with E-state index >= 15 is 0 Å². The van der Waals surface area contributed by atoms with Crippen molar-refractivity contribution in [2.45, 2.75) is 26.2 Å². The number of fused-ring (bicyclic) bond motifs is 7. The molecule has 5 heterocycles. The summed E-state index contributed by atoms with van der Waals surface area (Å²) in [6, 6.07) is 35.8. The molecular weight excluding hydrogens is 582 g/mol. The van der Waals surface area contributed by atoms with Crippen LogP contribution in [0.15, 0.2) is 120 Å². The van der Waals surface area contributed by atoms with E-state index in [9.17, 15) is 0 Å². The van der Waals surface area contributed by atoms with Gasteiger partial charge in [0.15, 0.2) is 0 Å². The summed E-state index contributed by atoms with van der Waals surface area (Å²) < 4.78 is 14.9. The number of benzene rings is 4. The van der Waals surface area contributed by atoms with Gasteiger partial charge in [0, 0.05) is 64.9 Å². The molecule has 0 radical (unpaired) electrons. The number of rotatable bonds is 4. The van der Waals surface area contributed by atoms with Crippen LogP contribution in [0.1, 0.15) is 26.3 Å². The van der Waals surface area contributed by atoms with E-state index in [1.807, 2.05) is 18.3 Å². The number of hydrogen-bond acceptors (Lipinski definition) is 6. The minimum absolute atomic E-state index is 0.00984. The first-order chi connectivity index (χ1) is 22.8. The summed E-state index contributed by atoms with van der Waals surface area (Å²) in [6.07, 6.45) is 3.67. The molecule has 1 aliphatic heterocycles. The zero-order valence-corrected chi connectivity index (χ0v) is 26.7. The van der Waals surface area contributed by atoms with Gasteiger partial charge in [0.05, 0.1) is 29.1 Å². The van der Waals surface area contributed by atoms with Gasteiger partial charge in [0.2, 0.25) is 5.71 Å². The fraction of sp³-hybridized carbons (Fsp3) is 0.150. The predicted molar refractivity (Wildman–Crippen MR) is 191 cm³/mol. The molecule has 1 aliphatic rings. The van der Waals surface area contributed by atoms with Crippen molar-refractivity contribution in [3.05, 3.63) is 121 Å². The summed E-state index contributed by atoms with van der Waals surface area (Å²) in [5.41, 5.74) is 8.22. The van der Waals surface area contributed by atoms with E-state index < -0.39 is 0 Å². The maximum atomic E-state index is 6.58. The zero-order valence-electron chi connectivity index (χ0n) is 26.7. The second kappa shape index (κ2) is 10.1. The van der Waals surface area contributed by atoms with Crippen LogP contribution in [0, 0.1) is 0 Å². The summed E-state index contributed by atoms with van der Waals surface area (Å²) >= 11 is 0. The van der Waals surface area contributed by atoms with Crippen LogP contribution < -0.4 is 14.5 Å². The molecule has 0 aliphatic carbocycles. The van der Waals surface area contributed by atoms with Gasteiger partial charge in [-0.1, -0.05) is 45.0 Å². The quantitative estimate of drug-likeness (QED) is 0.196. The Balaban J connectivity index is 1.10. The summed E-state index contributed by atoms with van der Waals surface area (Å²) in [5, 5.41) is 4.43. The third-order valence-corrected chi connectivity index (χ3v) is 9.25. The third kappa shape index (κ3) is 4.41. The molecule has 4 aromatic carbocycles. The molecule has 7 heteroatoms. The van der Waals surface area contributed by atoms with Gasteiger partial charge in [-0.25, -0.2) is 9.97 Å². The Morgan fingerprint density at radius 1 is 0.681 bits per heavy atom. The predicted octanol–water partition coefficient (Wildman–Crippen LogP) is 10.1. The summed E-state index contributed by atoms with van der Waals surface area (Å²) in [6.45, 7) is 7.41. The Bertz CT molecular complexity index is 2500. The number of hydrogen-bond donors (Lipinski definition) is 0. The lowest BCUT2D eigenvalue weighted by atomic mass is 9.88. The van der Waals surface area contributed by atoms with Crippen LogP contribution in [-0.2, 0) is 5.41 Å². The first-order valence-electron chi connectivity index (χ1n) is 15.9.